The molecule has 0 radical (unpaired) electrons. The zero-order valence-corrected chi connectivity index (χ0v) is 11.0. The number of hydrogen-bond donors (Lipinski definition) is 2. The second-order valence-corrected chi connectivity index (χ2v) is 4.34. The average molecular weight is 273 g/mol. The first-order chi connectivity index (χ1) is 9.59. The Morgan fingerprint density at radius 3 is 2.70 bits per heavy atom. The Labute approximate surface area is 116 Å². The van der Waals surface area contributed by atoms with Crippen LogP contribution in [-0.2, 0) is 4.79 Å². The Morgan fingerprint density at radius 1 is 1.35 bits per heavy atom. The molecular formula is C14H15N3O3. The molecule has 1 heterocycles. The van der Waals surface area contributed by atoms with Crippen LogP contribution in [0.1, 0.15) is 18.5 Å². The van der Waals surface area contributed by atoms with Crippen LogP contribution in [0, 0.1) is 0 Å². The second-order valence-electron chi connectivity index (χ2n) is 4.34. The molecule has 2 rings (SSSR count). The Bertz CT molecular complexity index is 566. The Morgan fingerprint density at radius 2 is 2.05 bits per heavy atom. The quantitative estimate of drug-likeness (QED) is 0.880. The summed E-state index contributed by atoms with van der Waals surface area (Å²) in [4.78, 5) is 28.0. The fraction of sp³-hybridized carbons (Fsp3) is 0.214. The lowest BCUT2D eigenvalue weighted by Gasteiger charge is -2.24. The number of amides is 2. The van der Waals surface area contributed by atoms with Crippen LogP contribution >= 0.6 is 0 Å². The monoisotopic (exact) mass is 273 g/mol. The number of benzene rings is 1. The van der Waals surface area contributed by atoms with Crippen LogP contribution in [0.15, 0.2) is 47.6 Å². The van der Waals surface area contributed by atoms with Crippen LogP contribution in [0.4, 0.5) is 4.79 Å². The van der Waals surface area contributed by atoms with Crippen LogP contribution in [0.2, 0.25) is 0 Å². The number of aliphatic carboxylic acids is 1. The van der Waals surface area contributed by atoms with Gasteiger partial charge in [-0.1, -0.05) is 30.3 Å². The lowest BCUT2D eigenvalue weighted by atomic mass is 10.1. The highest BCUT2D eigenvalue weighted by Gasteiger charge is 2.26. The fourth-order valence-corrected chi connectivity index (χ4v) is 1.87. The fourth-order valence-electron chi connectivity index (χ4n) is 1.87. The SMILES string of the molecule is C[C@@H](NC(=O)N1CC=CN=C1C(=O)O)c1ccccc1. The number of nitrogens with one attached hydrogen (secondary N) is 1. The van der Waals surface area contributed by atoms with Gasteiger partial charge < -0.3 is 10.4 Å². The minimum absolute atomic E-state index is 0.193. The van der Waals surface area contributed by atoms with Crippen LogP contribution in [0.25, 0.3) is 0 Å². The van der Waals surface area contributed by atoms with Gasteiger partial charge in [-0.05, 0) is 18.6 Å². The minimum Gasteiger partial charge on any atom is -0.475 e. The first kappa shape index (κ1) is 13.8. The molecule has 1 aromatic carbocycles. The van der Waals surface area contributed by atoms with Gasteiger partial charge in [-0.15, -0.1) is 0 Å². The Balaban J connectivity index is 2.07. The number of carbonyl (C=O) groups excluding carboxylic acids is 1. The molecule has 0 spiro atoms. The predicted octanol–water partition coefficient (Wildman–Crippen LogP) is 1.77. The van der Waals surface area contributed by atoms with Gasteiger partial charge in [0, 0.05) is 12.7 Å². The summed E-state index contributed by atoms with van der Waals surface area (Å²) in [5.74, 6) is -1.50. The van der Waals surface area contributed by atoms with E-state index in [4.69, 9.17) is 5.11 Å². The van der Waals surface area contributed by atoms with E-state index >= 15 is 0 Å². The molecule has 1 aliphatic rings. The standard InChI is InChI=1S/C14H15N3O3/c1-10(11-6-3-2-4-7-11)16-14(20)17-9-5-8-15-12(17)13(18)19/h2-8,10H,9H2,1H3,(H,16,20)(H,18,19)/t10-/m1/s1. The molecule has 0 fully saturated rings. The normalized spacial score (nSPS) is 15.4. The molecule has 2 amide bonds. The number of hydrogen-bond acceptors (Lipinski definition) is 3. The second kappa shape index (κ2) is 6.01. The summed E-state index contributed by atoms with van der Waals surface area (Å²) in [6, 6.07) is 8.75. The van der Waals surface area contributed by atoms with Crippen molar-refractivity contribution < 1.29 is 14.7 Å². The lowest BCUT2D eigenvalue weighted by molar-refractivity contribution is -0.130. The van der Waals surface area contributed by atoms with Crippen molar-refractivity contribution in [3.05, 3.63) is 48.2 Å². The van der Waals surface area contributed by atoms with Gasteiger partial charge >= 0.3 is 12.0 Å². The zero-order chi connectivity index (χ0) is 14.5. The number of amidine groups is 1. The van der Waals surface area contributed by atoms with Crippen molar-refractivity contribution in [1.82, 2.24) is 10.2 Å². The van der Waals surface area contributed by atoms with E-state index in [0.717, 1.165) is 10.5 Å². The van der Waals surface area contributed by atoms with Gasteiger partial charge in [0.15, 0.2) is 0 Å². The van der Waals surface area contributed by atoms with E-state index in [-0.39, 0.29) is 18.4 Å². The average Bonchev–Trinajstić information content (AvgIpc) is 2.48. The summed E-state index contributed by atoms with van der Waals surface area (Å²) in [7, 11) is 0. The van der Waals surface area contributed by atoms with Crippen molar-refractivity contribution in [3.8, 4) is 0 Å². The number of urea groups is 1. The van der Waals surface area contributed by atoms with E-state index in [1.54, 1.807) is 6.08 Å². The van der Waals surface area contributed by atoms with Crippen LogP contribution in [-0.4, -0.2) is 34.4 Å². The molecule has 0 unspecified atom stereocenters. The van der Waals surface area contributed by atoms with Gasteiger partial charge in [-0.2, -0.15) is 0 Å². The van der Waals surface area contributed by atoms with Crippen molar-refractivity contribution in [3.63, 3.8) is 0 Å². The summed E-state index contributed by atoms with van der Waals surface area (Å²) in [5, 5.41) is 11.8. The molecule has 0 aromatic heterocycles. The van der Waals surface area contributed by atoms with Crippen LogP contribution in [0.5, 0.6) is 0 Å². The molecular weight excluding hydrogens is 258 g/mol. The van der Waals surface area contributed by atoms with Crippen molar-refractivity contribution in [2.45, 2.75) is 13.0 Å². The highest BCUT2D eigenvalue weighted by atomic mass is 16.4. The largest absolute Gasteiger partial charge is 0.475 e. The molecule has 20 heavy (non-hydrogen) atoms. The Hall–Kier alpha value is -2.63. The van der Waals surface area contributed by atoms with Crippen molar-refractivity contribution in [1.29, 1.82) is 0 Å². The van der Waals surface area contributed by atoms with Crippen molar-refractivity contribution in [2.24, 2.45) is 4.99 Å². The number of aliphatic imine (C=N–C) groups is 1. The van der Waals surface area contributed by atoms with Gasteiger partial charge in [-0.3, -0.25) is 4.90 Å². The highest BCUT2D eigenvalue weighted by molar-refractivity contribution is 6.37. The molecule has 1 aliphatic heterocycles. The summed E-state index contributed by atoms with van der Waals surface area (Å²) in [6.45, 7) is 2.03. The third-order valence-electron chi connectivity index (χ3n) is 2.92. The molecule has 104 valence electrons. The van der Waals surface area contributed by atoms with E-state index in [1.807, 2.05) is 37.3 Å². The molecule has 2 N–H and O–H groups in total. The van der Waals surface area contributed by atoms with Crippen molar-refractivity contribution in [2.75, 3.05) is 6.54 Å². The number of rotatable bonds is 3. The van der Waals surface area contributed by atoms with Crippen LogP contribution < -0.4 is 5.32 Å². The summed E-state index contributed by atoms with van der Waals surface area (Å²) >= 11 is 0. The lowest BCUT2D eigenvalue weighted by Crippen LogP contribution is -2.48. The highest BCUT2D eigenvalue weighted by Crippen LogP contribution is 2.12. The minimum atomic E-state index is -1.23. The number of carbonyl (C=O) groups is 2. The molecule has 0 saturated carbocycles. The molecule has 0 saturated heterocycles. The molecule has 0 bridgehead atoms. The maximum atomic E-state index is 12.1. The summed E-state index contributed by atoms with van der Waals surface area (Å²) in [6.07, 6.45) is 3.01. The van der Waals surface area contributed by atoms with E-state index in [0.29, 0.717) is 0 Å². The summed E-state index contributed by atoms with van der Waals surface area (Å²) in [5.41, 5.74) is 0.946. The molecule has 1 atom stereocenters. The third kappa shape index (κ3) is 3.03. The van der Waals surface area contributed by atoms with Crippen LogP contribution in [0.3, 0.4) is 0 Å². The first-order valence-electron chi connectivity index (χ1n) is 6.18. The van der Waals surface area contributed by atoms with Gasteiger partial charge in [0.1, 0.15) is 0 Å². The smallest absolute Gasteiger partial charge is 0.372 e. The first-order valence-corrected chi connectivity index (χ1v) is 6.18. The maximum Gasteiger partial charge on any atom is 0.372 e. The van der Waals surface area contributed by atoms with E-state index in [9.17, 15) is 9.59 Å². The van der Waals surface area contributed by atoms with Gasteiger partial charge in [-0.25, -0.2) is 14.6 Å². The van der Waals surface area contributed by atoms with E-state index < -0.39 is 12.0 Å². The predicted molar refractivity (Wildman–Crippen MR) is 74.3 cm³/mol. The maximum absolute atomic E-state index is 12.1. The zero-order valence-electron chi connectivity index (χ0n) is 11.0. The number of nitrogens with zero attached hydrogens (tertiary/aromatic N) is 2. The molecule has 0 aliphatic carbocycles. The third-order valence-corrected chi connectivity index (χ3v) is 2.92. The number of carboxylic acid groups (broad SMARTS) is 1. The van der Waals surface area contributed by atoms with Gasteiger partial charge in [0.2, 0.25) is 5.84 Å². The number of carboxylic acids is 1. The molecule has 6 nitrogen and oxygen atoms in total. The Kier molecular flexibility index (Phi) is 4.14. The topological polar surface area (TPSA) is 82.0 Å². The molecule has 1 aromatic rings. The van der Waals surface area contributed by atoms with E-state index in [2.05, 4.69) is 10.3 Å². The van der Waals surface area contributed by atoms with Gasteiger partial charge in [0.25, 0.3) is 0 Å². The van der Waals surface area contributed by atoms with Crippen molar-refractivity contribution >= 4 is 17.8 Å². The van der Waals surface area contributed by atoms with Gasteiger partial charge in [0.05, 0.1) is 6.04 Å². The van der Waals surface area contributed by atoms with E-state index in [1.165, 1.54) is 6.20 Å². The summed E-state index contributed by atoms with van der Waals surface area (Å²) < 4.78 is 0. The molecule has 6 heteroatoms.